The van der Waals surface area contributed by atoms with Gasteiger partial charge in [-0.3, -0.25) is 9.69 Å². The van der Waals surface area contributed by atoms with Crippen LogP contribution in [0.5, 0.6) is 0 Å². The zero-order valence-corrected chi connectivity index (χ0v) is 11.2. The standard InChI is InChI=1S/C14H25NO2/c1-4-5-8-11(2)14(17)13-12(16)9-6-7-10-15(13)3/h4-5,11,13-14,17H,6-10H2,1-3H3/b5-4+. The number of aliphatic hydroxyl groups excluding tert-OH is 1. The number of likely N-dealkylation sites (N-methyl/N-ethyl adjacent to an activating group) is 1. The van der Waals surface area contributed by atoms with Gasteiger partial charge in [-0.05, 0) is 45.7 Å². The number of ketones is 1. The van der Waals surface area contributed by atoms with Crippen molar-refractivity contribution in [3.05, 3.63) is 12.2 Å². The maximum Gasteiger partial charge on any atom is 0.152 e. The Bertz CT molecular complexity index is 275. The number of likely N-dealkylation sites (tertiary alicyclic amines) is 1. The molecule has 1 aliphatic rings. The van der Waals surface area contributed by atoms with Gasteiger partial charge in [0.1, 0.15) is 0 Å². The van der Waals surface area contributed by atoms with Crippen LogP contribution in [0.2, 0.25) is 0 Å². The molecule has 1 fully saturated rings. The fraction of sp³-hybridized carbons (Fsp3) is 0.786. The van der Waals surface area contributed by atoms with Crippen molar-refractivity contribution in [3.63, 3.8) is 0 Å². The normalized spacial score (nSPS) is 27.1. The van der Waals surface area contributed by atoms with Gasteiger partial charge in [-0.2, -0.15) is 0 Å². The monoisotopic (exact) mass is 239 g/mol. The summed E-state index contributed by atoms with van der Waals surface area (Å²) < 4.78 is 0. The second-order valence-electron chi connectivity index (χ2n) is 5.12. The van der Waals surface area contributed by atoms with Crippen LogP contribution in [0, 0.1) is 5.92 Å². The van der Waals surface area contributed by atoms with Gasteiger partial charge in [0.2, 0.25) is 0 Å². The van der Waals surface area contributed by atoms with Crippen LogP contribution >= 0.6 is 0 Å². The fourth-order valence-electron chi connectivity index (χ4n) is 2.45. The van der Waals surface area contributed by atoms with Gasteiger partial charge in [-0.1, -0.05) is 19.1 Å². The Morgan fingerprint density at radius 3 is 2.88 bits per heavy atom. The molecule has 3 nitrogen and oxygen atoms in total. The van der Waals surface area contributed by atoms with Crippen molar-refractivity contribution >= 4 is 5.78 Å². The Labute approximate surface area is 105 Å². The first-order chi connectivity index (χ1) is 8.07. The minimum Gasteiger partial charge on any atom is -0.391 e. The third kappa shape index (κ3) is 3.93. The Balaban J connectivity index is 2.69. The molecule has 0 aromatic heterocycles. The summed E-state index contributed by atoms with van der Waals surface area (Å²) in [5, 5.41) is 10.3. The first kappa shape index (κ1) is 14.4. The molecule has 0 radical (unpaired) electrons. The number of nitrogens with zero attached hydrogens (tertiary/aromatic N) is 1. The zero-order valence-electron chi connectivity index (χ0n) is 11.2. The van der Waals surface area contributed by atoms with Crippen molar-refractivity contribution in [2.24, 2.45) is 5.92 Å². The Hall–Kier alpha value is -0.670. The first-order valence-corrected chi connectivity index (χ1v) is 6.60. The highest BCUT2D eigenvalue weighted by molar-refractivity contribution is 5.84. The summed E-state index contributed by atoms with van der Waals surface area (Å²) in [7, 11) is 1.94. The number of Topliss-reactive ketones (excluding diaryl/α,β-unsaturated/α-hetero) is 1. The van der Waals surface area contributed by atoms with Crippen LogP contribution in [0.1, 0.15) is 39.5 Å². The lowest BCUT2D eigenvalue weighted by molar-refractivity contribution is -0.128. The fourth-order valence-corrected chi connectivity index (χ4v) is 2.45. The van der Waals surface area contributed by atoms with E-state index in [1.807, 2.05) is 31.9 Å². The molecular weight excluding hydrogens is 214 g/mol. The van der Waals surface area contributed by atoms with Crippen LogP contribution in [-0.4, -0.2) is 41.5 Å². The number of aliphatic hydroxyl groups is 1. The van der Waals surface area contributed by atoms with Crippen molar-refractivity contribution in [2.45, 2.75) is 51.7 Å². The van der Waals surface area contributed by atoms with Gasteiger partial charge in [0.25, 0.3) is 0 Å². The molecule has 3 atom stereocenters. The average Bonchev–Trinajstić information content (AvgIpc) is 2.46. The molecule has 0 bridgehead atoms. The van der Waals surface area contributed by atoms with E-state index < -0.39 is 6.10 Å². The van der Waals surface area contributed by atoms with Crippen molar-refractivity contribution in [2.75, 3.05) is 13.6 Å². The molecule has 3 unspecified atom stereocenters. The molecule has 3 heteroatoms. The van der Waals surface area contributed by atoms with Crippen LogP contribution in [0.3, 0.4) is 0 Å². The number of rotatable bonds is 4. The van der Waals surface area contributed by atoms with E-state index in [1.165, 1.54) is 0 Å². The van der Waals surface area contributed by atoms with Gasteiger partial charge in [0.15, 0.2) is 5.78 Å². The van der Waals surface area contributed by atoms with Crippen LogP contribution < -0.4 is 0 Å². The second-order valence-corrected chi connectivity index (χ2v) is 5.12. The third-order valence-corrected chi connectivity index (χ3v) is 3.64. The van der Waals surface area contributed by atoms with Gasteiger partial charge in [0.05, 0.1) is 12.1 Å². The molecular formula is C14H25NO2. The van der Waals surface area contributed by atoms with Crippen LogP contribution in [0.25, 0.3) is 0 Å². The highest BCUT2D eigenvalue weighted by Crippen LogP contribution is 2.21. The van der Waals surface area contributed by atoms with Crippen molar-refractivity contribution < 1.29 is 9.90 Å². The van der Waals surface area contributed by atoms with Crippen molar-refractivity contribution in [1.29, 1.82) is 0 Å². The molecule has 1 aliphatic heterocycles. The quantitative estimate of drug-likeness (QED) is 0.763. The summed E-state index contributed by atoms with van der Waals surface area (Å²) in [4.78, 5) is 14.0. The highest BCUT2D eigenvalue weighted by Gasteiger charge is 2.34. The van der Waals surface area contributed by atoms with Crippen molar-refractivity contribution in [1.82, 2.24) is 4.90 Å². The molecule has 1 saturated heterocycles. The molecule has 1 heterocycles. The maximum atomic E-state index is 12.0. The highest BCUT2D eigenvalue weighted by atomic mass is 16.3. The van der Waals surface area contributed by atoms with Gasteiger partial charge in [-0.25, -0.2) is 0 Å². The summed E-state index contributed by atoms with van der Waals surface area (Å²) in [6.07, 6.45) is 6.93. The molecule has 1 rings (SSSR count). The molecule has 0 spiro atoms. The van der Waals surface area contributed by atoms with E-state index in [4.69, 9.17) is 0 Å². The van der Waals surface area contributed by atoms with E-state index in [0.717, 1.165) is 25.8 Å². The lowest BCUT2D eigenvalue weighted by Gasteiger charge is -2.32. The summed E-state index contributed by atoms with van der Waals surface area (Å²) in [6.45, 7) is 4.89. The van der Waals surface area contributed by atoms with Gasteiger partial charge >= 0.3 is 0 Å². The van der Waals surface area contributed by atoms with E-state index in [0.29, 0.717) is 6.42 Å². The van der Waals surface area contributed by atoms with E-state index >= 15 is 0 Å². The Morgan fingerprint density at radius 2 is 2.24 bits per heavy atom. The SMILES string of the molecule is C/C=C/CC(C)C(O)C1C(=O)CCCCN1C. The zero-order chi connectivity index (χ0) is 12.8. The largest absolute Gasteiger partial charge is 0.391 e. The Kier molecular flexibility index (Phi) is 5.86. The topological polar surface area (TPSA) is 40.5 Å². The number of allylic oxidation sites excluding steroid dienone is 2. The number of carbonyl (C=O) groups is 1. The maximum absolute atomic E-state index is 12.0. The van der Waals surface area contributed by atoms with E-state index in [9.17, 15) is 9.90 Å². The van der Waals surface area contributed by atoms with Gasteiger partial charge in [0, 0.05) is 6.42 Å². The van der Waals surface area contributed by atoms with Crippen molar-refractivity contribution in [3.8, 4) is 0 Å². The second kappa shape index (κ2) is 6.92. The Morgan fingerprint density at radius 1 is 1.53 bits per heavy atom. The van der Waals surface area contributed by atoms with E-state index in [1.54, 1.807) is 0 Å². The van der Waals surface area contributed by atoms with E-state index in [2.05, 4.69) is 6.08 Å². The summed E-state index contributed by atoms with van der Waals surface area (Å²) in [5.41, 5.74) is 0. The predicted molar refractivity (Wildman–Crippen MR) is 69.9 cm³/mol. The average molecular weight is 239 g/mol. The van der Waals surface area contributed by atoms with E-state index in [-0.39, 0.29) is 17.7 Å². The summed E-state index contributed by atoms with van der Waals surface area (Å²) in [6, 6.07) is -0.308. The van der Waals surface area contributed by atoms with Gasteiger partial charge < -0.3 is 5.11 Å². The van der Waals surface area contributed by atoms with Gasteiger partial charge in [-0.15, -0.1) is 0 Å². The molecule has 0 aliphatic carbocycles. The van der Waals surface area contributed by atoms with Crippen LogP contribution in [0.15, 0.2) is 12.2 Å². The first-order valence-electron chi connectivity index (χ1n) is 6.60. The lowest BCUT2D eigenvalue weighted by atomic mass is 9.91. The molecule has 0 aromatic rings. The summed E-state index contributed by atoms with van der Waals surface area (Å²) in [5.74, 6) is 0.325. The number of hydrogen-bond donors (Lipinski definition) is 1. The van der Waals surface area contributed by atoms with Crippen LogP contribution in [0.4, 0.5) is 0 Å². The number of carbonyl (C=O) groups excluding carboxylic acids is 1. The smallest absolute Gasteiger partial charge is 0.152 e. The van der Waals surface area contributed by atoms with Crippen LogP contribution in [-0.2, 0) is 4.79 Å². The molecule has 98 valence electrons. The molecule has 0 amide bonds. The number of hydrogen-bond acceptors (Lipinski definition) is 3. The molecule has 1 N–H and O–H groups in total. The minimum absolute atomic E-state index is 0.126. The molecule has 0 saturated carbocycles. The third-order valence-electron chi connectivity index (χ3n) is 3.64. The minimum atomic E-state index is -0.554. The molecule has 17 heavy (non-hydrogen) atoms. The summed E-state index contributed by atoms with van der Waals surface area (Å²) >= 11 is 0. The lowest BCUT2D eigenvalue weighted by Crippen LogP contribution is -2.48. The molecule has 0 aromatic carbocycles. The predicted octanol–water partition coefficient (Wildman–Crippen LogP) is 2.00.